The first-order chi connectivity index (χ1) is 10.1. The normalized spacial score (nSPS) is 19.1. The molecule has 0 amide bonds. The molecule has 110 valence electrons. The molecule has 2 N–H and O–H groups in total. The van der Waals surface area contributed by atoms with Crippen LogP contribution in [0.5, 0.6) is 0 Å². The Hall–Kier alpha value is -1.88. The van der Waals surface area contributed by atoms with Gasteiger partial charge in [-0.3, -0.25) is 4.98 Å². The molecular formula is C16H15F3N2. The first kappa shape index (κ1) is 14.1. The second-order valence-corrected chi connectivity index (χ2v) is 5.34. The Balaban J connectivity index is 2.01. The molecule has 0 spiro atoms. The fraction of sp³-hybridized carbons (Fsp3) is 0.312. The molecule has 1 aliphatic carbocycles. The highest BCUT2D eigenvalue weighted by Crippen LogP contribution is 2.38. The smallest absolute Gasteiger partial charge is 0.194 e. The number of rotatable bonds is 2. The molecule has 21 heavy (non-hydrogen) atoms. The third-order valence-corrected chi connectivity index (χ3v) is 4.10. The van der Waals surface area contributed by atoms with Crippen molar-refractivity contribution in [2.45, 2.75) is 31.2 Å². The molecular weight excluding hydrogens is 277 g/mol. The summed E-state index contributed by atoms with van der Waals surface area (Å²) in [5.74, 6) is -4.06. The highest BCUT2D eigenvalue weighted by molar-refractivity contribution is 5.32. The lowest BCUT2D eigenvalue weighted by Crippen LogP contribution is -2.25. The Kier molecular flexibility index (Phi) is 3.68. The van der Waals surface area contributed by atoms with Crippen LogP contribution in [-0.4, -0.2) is 4.98 Å². The van der Waals surface area contributed by atoms with Crippen LogP contribution in [0, 0.1) is 17.5 Å². The van der Waals surface area contributed by atoms with Crippen LogP contribution in [0.1, 0.15) is 41.6 Å². The van der Waals surface area contributed by atoms with Crippen molar-refractivity contribution in [2.75, 3.05) is 0 Å². The number of pyridine rings is 1. The van der Waals surface area contributed by atoms with E-state index >= 15 is 0 Å². The summed E-state index contributed by atoms with van der Waals surface area (Å²) >= 11 is 0. The van der Waals surface area contributed by atoms with E-state index in [-0.39, 0.29) is 11.5 Å². The summed E-state index contributed by atoms with van der Waals surface area (Å²) in [4.78, 5) is 4.35. The zero-order chi connectivity index (χ0) is 15.0. The summed E-state index contributed by atoms with van der Waals surface area (Å²) in [5.41, 5.74) is 8.06. The lowest BCUT2D eigenvalue weighted by molar-refractivity contribution is 0.412. The largest absolute Gasteiger partial charge is 0.323 e. The predicted octanol–water partition coefficient (Wildman–Crippen LogP) is 3.62. The monoisotopic (exact) mass is 292 g/mol. The maximum atomic E-state index is 13.9. The summed E-state index contributed by atoms with van der Waals surface area (Å²) in [6.07, 6.45) is 4.25. The molecule has 3 rings (SSSR count). The third-order valence-electron chi connectivity index (χ3n) is 4.10. The van der Waals surface area contributed by atoms with Gasteiger partial charge in [-0.1, -0.05) is 12.1 Å². The van der Waals surface area contributed by atoms with Crippen LogP contribution >= 0.6 is 0 Å². The number of halogens is 3. The molecule has 2 nitrogen and oxygen atoms in total. The zero-order valence-electron chi connectivity index (χ0n) is 11.3. The average molecular weight is 292 g/mol. The highest BCUT2D eigenvalue weighted by atomic mass is 19.2. The van der Waals surface area contributed by atoms with Crippen LogP contribution in [0.15, 0.2) is 30.5 Å². The van der Waals surface area contributed by atoms with E-state index in [1.807, 2.05) is 12.1 Å². The van der Waals surface area contributed by atoms with Crippen molar-refractivity contribution in [3.8, 4) is 0 Å². The van der Waals surface area contributed by atoms with Crippen LogP contribution in [0.4, 0.5) is 13.2 Å². The lowest BCUT2D eigenvalue weighted by atomic mass is 9.80. The minimum Gasteiger partial charge on any atom is -0.323 e. The number of hydrogen-bond donors (Lipinski definition) is 1. The van der Waals surface area contributed by atoms with E-state index in [2.05, 4.69) is 4.98 Å². The fourth-order valence-corrected chi connectivity index (χ4v) is 3.01. The summed E-state index contributed by atoms with van der Waals surface area (Å²) in [6.45, 7) is 0. The van der Waals surface area contributed by atoms with Crippen LogP contribution < -0.4 is 5.73 Å². The van der Waals surface area contributed by atoms with Crippen LogP contribution in [0.2, 0.25) is 0 Å². The topological polar surface area (TPSA) is 38.9 Å². The summed E-state index contributed by atoms with van der Waals surface area (Å²) in [7, 11) is 0. The first-order valence-electron chi connectivity index (χ1n) is 6.92. The van der Waals surface area contributed by atoms with Gasteiger partial charge < -0.3 is 5.73 Å². The molecule has 2 unspecified atom stereocenters. The number of fused-ring (bicyclic) bond motifs is 1. The molecule has 0 bridgehead atoms. The zero-order valence-corrected chi connectivity index (χ0v) is 11.3. The van der Waals surface area contributed by atoms with E-state index in [1.165, 1.54) is 6.07 Å². The van der Waals surface area contributed by atoms with Gasteiger partial charge in [-0.2, -0.15) is 0 Å². The van der Waals surface area contributed by atoms with Crippen molar-refractivity contribution in [3.05, 3.63) is 64.7 Å². The van der Waals surface area contributed by atoms with Crippen LogP contribution in [0.25, 0.3) is 0 Å². The highest BCUT2D eigenvalue weighted by Gasteiger charge is 2.30. The Bertz CT molecular complexity index is 673. The first-order valence-corrected chi connectivity index (χ1v) is 6.92. The van der Waals surface area contributed by atoms with E-state index in [0.29, 0.717) is 0 Å². The van der Waals surface area contributed by atoms with Gasteiger partial charge >= 0.3 is 0 Å². The number of hydrogen-bond acceptors (Lipinski definition) is 2. The molecule has 0 radical (unpaired) electrons. The molecule has 0 saturated heterocycles. The van der Waals surface area contributed by atoms with Gasteiger partial charge in [0.2, 0.25) is 0 Å². The SMILES string of the molecule is NC(c1ccc(F)c(F)c1F)C1CCCc2cccnc21. The third kappa shape index (κ3) is 2.42. The molecule has 0 aliphatic heterocycles. The molecule has 0 saturated carbocycles. The molecule has 1 aromatic carbocycles. The Morgan fingerprint density at radius 1 is 1.14 bits per heavy atom. The quantitative estimate of drug-likeness (QED) is 0.859. The Labute approximate surface area is 120 Å². The summed E-state index contributed by atoms with van der Waals surface area (Å²) < 4.78 is 40.4. The molecule has 2 aromatic rings. The fourth-order valence-electron chi connectivity index (χ4n) is 3.01. The second kappa shape index (κ2) is 5.48. The minimum absolute atomic E-state index is 0.00240. The van der Waals surface area contributed by atoms with Crippen LogP contribution in [0.3, 0.4) is 0 Å². The Morgan fingerprint density at radius 2 is 1.95 bits per heavy atom. The van der Waals surface area contributed by atoms with E-state index in [1.54, 1.807) is 6.20 Å². The number of aromatic nitrogens is 1. The maximum absolute atomic E-state index is 13.9. The summed E-state index contributed by atoms with van der Waals surface area (Å²) in [5, 5.41) is 0. The van der Waals surface area contributed by atoms with Gasteiger partial charge in [0.15, 0.2) is 17.5 Å². The minimum atomic E-state index is -1.47. The lowest BCUT2D eigenvalue weighted by Gasteiger charge is -2.29. The predicted molar refractivity (Wildman–Crippen MR) is 73.2 cm³/mol. The van der Waals surface area contributed by atoms with E-state index in [9.17, 15) is 13.2 Å². The van der Waals surface area contributed by atoms with E-state index in [0.717, 1.165) is 36.6 Å². The molecule has 1 aliphatic rings. The molecule has 2 atom stereocenters. The molecule has 1 aromatic heterocycles. The van der Waals surface area contributed by atoms with E-state index in [4.69, 9.17) is 5.73 Å². The molecule has 0 fully saturated rings. The average Bonchev–Trinajstić information content (AvgIpc) is 2.51. The number of nitrogens with zero attached hydrogens (tertiary/aromatic N) is 1. The van der Waals surface area contributed by atoms with Gasteiger partial charge in [-0.25, -0.2) is 13.2 Å². The van der Waals surface area contributed by atoms with Crippen molar-refractivity contribution >= 4 is 0 Å². The standard InChI is InChI=1S/C16H15F3N2/c17-12-7-6-10(13(18)14(12)19)15(20)11-5-1-3-9-4-2-8-21-16(9)11/h2,4,6-8,11,15H,1,3,5,20H2. The number of nitrogens with two attached hydrogens (primary N) is 1. The van der Waals surface area contributed by atoms with Gasteiger partial charge in [-0.05, 0) is 37.0 Å². The van der Waals surface area contributed by atoms with Gasteiger partial charge in [0.1, 0.15) is 0 Å². The number of aryl methyl sites for hydroxylation is 1. The molecule has 5 heteroatoms. The van der Waals surface area contributed by atoms with Crippen molar-refractivity contribution in [2.24, 2.45) is 5.73 Å². The van der Waals surface area contributed by atoms with Crippen molar-refractivity contribution in [1.82, 2.24) is 4.98 Å². The molecule has 1 heterocycles. The van der Waals surface area contributed by atoms with Crippen molar-refractivity contribution in [1.29, 1.82) is 0 Å². The Morgan fingerprint density at radius 3 is 2.76 bits per heavy atom. The van der Waals surface area contributed by atoms with E-state index < -0.39 is 23.5 Å². The van der Waals surface area contributed by atoms with Gasteiger partial charge in [-0.15, -0.1) is 0 Å². The van der Waals surface area contributed by atoms with Crippen molar-refractivity contribution < 1.29 is 13.2 Å². The van der Waals surface area contributed by atoms with Gasteiger partial charge in [0, 0.05) is 29.4 Å². The van der Waals surface area contributed by atoms with Gasteiger partial charge in [0.25, 0.3) is 0 Å². The van der Waals surface area contributed by atoms with Gasteiger partial charge in [0.05, 0.1) is 0 Å². The van der Waals surface area contributed by atoms with Crippen LogP contribution in [-0.2, 0) is 6.42 Å². The summed E-state index contributed by atoms with van der Waals surface area (Å²) in [6, 6.07) is 5.22. The second-order valence-electron chi connectivity index (χ2n) is 5.34. The maximum Gasteiger partial charge on any atom is 0.194 e. The number of benzene rings is 1. The van der Waals surface area contributed by atoms with Crippen molar-refractivity contribution in [3.63, 3.8) is 0 Å².